The van der Waals surface area contributed by atoms with Gasteiger partial charge in [-0.1, -0.05) is 17.7 Å². The molecule has 2 amide bonds. The Labute approximate surface area is 117 Å². The number of hydrogen-bond donors (Lipinski definition) is 3. The van der Waals surface area contributed by atoms with Crippen molar-refractivity contribution in [1.82, 2.24) is 10.6 Å². The summed E-state index contributed by atoms with van der Waals surface area (Å²) in [5.74, 6) is -0.586. The van der Waals surface area contributed by atoms with Crippen LogP contribution in [-0.2, 0) is 11.3 Å². The molecule has 0 aromatic heterocycles. The molecule has 0 aliphatic heterocycles. The van der Waals surface area contributed by atoms with Gasteiger partial charge in [-0.2, -0.15) is 0 Å². The van der Waals surface area contributed by atoms with Crippen molar-refractivity contribution in [2.45, 2.75) is 26.4 Å². The van der Waals surface area contributed by atoms with Gasteiger partial charge < -0.3 is 16.4 Å². The van der Waals surface area contributed by atoms with Gasteiger partial charge in [0.1, 0.15) is 0 Å². The standard InChI is InChI=1S/C13H18ClN3O2/c1-8(2)17-12(18)7-16-6-10-4-3-9(13(15)19)5-11(10)14/h3-5,8,16H,6-7H2,1-2H3,(H2,15,19)(H,17,18). The number of carbonyl (C=O) groups excluding carboxylic acids is 2. The van der Waals surface area contributed by atoms with Crippen LogP contribution >= 0.6 is 11.6 Å². The van der Waals surface area contributed by atoms with E-state index >= 15 is 0 Å². The summed E-state index contributed by atoms with van der Waals surface area (Å²) in [6.07, 6.45) is 0. The molecule has 0 aliphatic rings. The molecule has 0 aliphatic carbocycles. The molecule has 0 radical (unpaired) electrons. The van der Waals surface area contributed by atoms with Crippen LogP contribution in [-0.4, -0.2) is 24.4 Å². The van der Waals surface area contributed by atoms with E-state index in [1.165, 1.54) is 6.07 Å². The summed E-state index contributed by atoms with van der Waals surface area (Å²) in [5.41, 5.74) is 6.33. The van der Waals surface area contributed by atoms with Gasteiger partial charge in [0.2, 0.25) is 11.8 Å². The highest BCUT2D eigenvalue weighted by Gasteiger charge is 2.07. The Morgan fingerprint density at radius 3 is 2.58 bits per heavy atom. The number of primary amides is 1. The van der Waals surface area contributed by atoms with Crippen LogP contribution in [0.15, 0.2) is 18.2 Å². The molecule has 0 saturated heterocycles. The lowest BCUT2D eigenvalue weighted by atomic mass is 10.1. The highest BCUT2D eigenvalue weighted by Crippen LogP contribution is 2.17. The molecule has 1 aromatic rings. The molecule has 0 spiro atoms. The molecule has 104 valence electrons. The van der Waals surface area contributed by atoms with Gasteiger partial charge in [-0.25, -0.2) is 0 Å². The smallest absolute Gasteiger partial charge is 0.248 e. The fourth-order valence-corrected chi connectivity index (χ4v) is 1.78. The highest BCUT2D eigenvalue weighted by molar-refractivity contribution is 6.31. The molecule has 0 saturated carbocycles. The van der Waals surface area contributed by atoms with E-state index in [9.17, 15) is 9.59 Å². The Morgan fingerprint density at radius 1 is 1.37 bits per heavy atom. The molecule has 19 heavy (non-hydrogen) atoms. The van der Waals surface area contributed by atoms with Gasteiger partial charge in [0.15, 0.2) is 0 Å². The number of hydrogen-bond acceptors (Lipinski definition) is 3. The van der Waals surface area contributed by atoms with Crippen LogP contribution in [0.25, 0.3) is 0 Å². The number of nitrogens with one attached hydrogen (secondary N) is 2. The van der Waals surface area contributed by atoms with Crippen molar-refractivity contribution in [3.63, 3.8) is 0 Å². The molecule has 1 aromatic carbocycles. The maximum atomic E-state index is 11.4. The van der Waals surface area contributed by atoms with Crippen LogP contribution in [0.4, 0.5) is 0 Å². The van der Waals surface area contributed by atoms with Crippen LogP contribution in [0.1, 0.15) is 29.8 Å². The zero-order valence-electron chi connectivity index (χ0n) is 11.0. The molecule has 0 fully saturated rings. The largest absolute Gasteiger partial charge is 0.366 e. The van der Waals surface area contributed by atoms with E-state index in [4.69, 9.17) is 17.3 Å². The first-order valence-electron chi connectivity index (χ1n) is 5.98. The fraction of sp³-hybridized carbons (Fsp3) is 0.385. The van der Waals surface area contributed by atoms with E-state index in [1.54, 1.807) is 12.1 Å². The lowest BCUT2D eigenvalue weighted by Crippen LogP contribution is -2.37. The van der Waals surface area contributed by atoms with Gasteiger partial charge in [0.05, 0.1) is 6.54 Å². The number of benzene rings is 1. The van der Waals surface area contributed by atoms with Gasteiger partial charge in [0.25, 0.3) is 0 Å². The van der Waals surface area contributed by atoms with E-state index in [0.29, 0.717) is 17.1 Å². The minimum atomic E-state index is -0.516. The number of amides is 2. The van der Waals surface area contributed by atoms with E-state index in [-0.39, 0.29) is 18.5 Å². The summed E-state index contributed by atoms with van der Waals surface area (Å²) in [6, 6.07) is 4.97. The zero-order valence-corrected chi connectivity index (χ0v) is 11.8. The summed E-state index contributed by atoms with van der Waals surface area (Å²) in [7, 11) is 0. The predicted molar refractivity (Wildman–Crippen MR) is 75.0 cm³/mol. The van der Waals surface area contributed by atoms with Gasteiger partial charge in [0, 0.05) is 23.2 Å². The normalized spacial score (nSPS) is 10.5. The zero-order chi connectivity index (χ0) is 14.4. The van der Waals surface area contributed by atoms with Gasteiger partial charge in [-0.3, -0.25) is 9.59 Å². The van der Waals surface area contributed by atoms with Gasteiger partial charge in [-0.15, -0.1) is 0 Å². The fourth-order valence-electron chi connectivity index (χ4n) is 1.53. The van der Waals surface area contributed by atoms with E-state index < -0.39 is 5.91 Å². The highest BCUT2D eigenvalue weighted by atomic mass is 35.5. The third-order valence-electron chi connectivity index (χ3n) is 2.39. The molecule has 5 nitrogen and oxygen atoms in total. The maximum absolute atomic E-state index is 11.4. The van der Waals surface area contributed by atoms with Crippen molar-refractivity contribution in [2.24, 2.45) is 5.73 Å². The Balaban J connectivity index is 2.50. The minimum Gasteiger partial charge on any atom is -0.366 e. The molecule has 0 atom stereocenters. The summed E-state index contributed by atoms with van der Waals surface area (Å²) in [6.45, 7) is 4.46. The Kier molecular flexibility index (Phi) is 5.79. The first kappa shape index (κ1) is 15.5. The van der Waals surface area contributed by atoms with Crippen molar-refractivity contribution in [3.05, 3.63) is 34.3 Å². The molecule has 0 heterocycles. The third kappa shape index (κ3) is 5.28. The number of rotatable bonds is 6. The topological polar surface area (TPSA) is 84.2 Å². The van der Waals surface area contributed by atoms with Crippen molar-refractivity contribution in [1.29, 1.82) is 0 Å². The molecular formula is C13H18ClN3O2. The lowest BCUT2D eigenvalue weighted by molar-refractivity contribution is -0.120. The Morgan fingerprint density at radius 2 is 2.05 bits per heavy atom. The van der Waals surface area contributed by atoms with Crippen molar-refractivity contribution >= 4 is 23.4 Å². The maximum Gasteiger partial charge on any atom is 0.248 e. The first-order chi connectivity index (χ1) is 8.90. The summed E-state index contributed by atoms with van der Waals surface area (Å²) in [4.78, 5) is 22.4. The SMILES string of the molecule is CC(C)NC(=O)CNCc1ccc(C(N)=O)cc1Cl. The average molecular weight is 284 g/mol. The Hall–Kier alpha value is -1.59. The second-order valence-corrected chi connectivity index (χ2v) is 4.90. The second kappa shape index (κ2) is 7.11. The lowest BCUT2D eigenvalue weighted by Gasteiger charge is -2.10. The van der Waals surface area contributed by atoms with Crippen molar-refractivity contribution < 1.29 is 9.59 Å². The summed E-state index contributed by atoms with van der Waals surface area (Å²) < 4.78 is 0. The van der Waals surface area contributed by atoms with E-state index in [0.717, 1.165) is 5.56 Å². The summed E-state index contributed by atoms with van der Waals surface area (Å²) in [5, 5.41) is 6.21. The van der Waals surface area contributed by atoms with Crippen molar-refractivity contribution in [3.8, 4) is 0 Å². The molecule has 4 N–H and O–H groups in total. The molecule has 6 heteroatoms. The summed E-state index contributed by atoms with van der Waals surface area (Å²) >= 11 is 6.02. The predicted octanol–water partition coefficient (Wildman–Crippen LogP) is 1.05. The second-order valence-electron chi connectivity index (χ2n) is 4.50. The van der Waals surface area contributed by atoms with Crippen LogP contribution < -0.4 is 16.4 Å². The molecule has 0 unspecified atom stereocenters. The third-order valence-corrected chi connectivity index (χ3v) is 2.74. The minimum absolute atomic E-state index is 0.0696. The quantitative estimate of drug-likeness (QED) is 0.730. The van der Waals surface area contributed by atoms with Crippen LogP contribution in [0.3, 0.4) is 0 Å². The number of carbonyl (C=O) groups is 2. The molecular weight excluding hydrogens is 266 g/mol. The number of nitrogens with two attached hydrogens (primary N) is 1. The van der Waals surface area contributed by atoms with Crippen LogP contribution in [0.2, 0.25) is 5.02 Å². The average Bonchev–Trinajstić information content (AvgIpc) is 2.29. The molecule has 0 bridgehead atoms. The van der Waals surface area contributed by atoms with Crippen LogP contribution in [0, 0.1) is 0 Å². The first-order valence-corrected chi connectivity index (χ1v) is 6.36. The Bertz CT molecular complexity index is 475. The van der Waals surface area contributed by atoms with Gasteiger partial charge >= 0.3 is 0 Å². The van der Waals surface area contributed by atoms with Crippen LogP contribution in [0.5, 0.6) is 0 Å². The van der Waals surface area contributed by atoms with Crippen molar-refractivity contribution in [2.75, 3.05) is 6.54 Å². The monoisotopic (exact) mass is 283 g/mol. The number of halogens is 1. The van der Waals surface area contributed by atoms with E-state index in [2.05, 4.69) is 10.6 Å². The van der Waals surface area contributed by atoms with Gasteiger partial charge in [-0.05, 0) is 31.5 Å². The van der Waals surface area contributed by atoms with E-state index in [1.807, 2.05) is 13.8 Å². The molecule has 1 rings (SSSR count).